The van der Waals surface area contributed by atoms with E-state index in [0.29, 0.717) is 49.3 Å². The molecule has 1 N–H and O–H groups in total. The van der Waals surface area contributed by atoms with E-state index in [4.69, 9.17) is 14.2 Å². The van der Waals surface area contributed by atoms with Crippen molar-refractivity contribution < 1.29 is 19.0 Å². The van der Waals surface area contributed by atoms with E-state index >= 15 is 0 Å². The lowest BCUT2D eigenvalue weighted by atomic mass is 9.94. The number of anilines is 2. The second kappa shape index (κ2) is 10.9. The van der Waals surface area contributed by atoms with Crippen LogP contribution >= 0.6 is 11.3 Å². The van der Waals surface area contributed by atoms with Crippen molar-refractivity contribution in [2.75, 3.05) is 31.6 Å². The highest BCUT2D eigenvalue weighted by Crippen LogP contribution is 2.30. The van der Waals surface area contributed by atoms with Crippen molar-refractivity contribution in [3.8, 4) is 16.6 Å². The normalized spacial score (nSPS) is 16.8. The molecule has 0 aliphatic carbocycles. The van der Waals surface area contributed by atoms with Gasteiger partial charge >= 0.3 is 12.1 Å². The van der Waals surface area contributed by atoms with Crippen molar-refractivity contribution in [1.82, 2.24) is 29.8 Å². The summed E-state index contributed by atoms with van der Waals surface area (Å²) in [6.45, 7) is 8.38. The summed E-state index contributed by atoms with van der Waals surface area (Å²) in [4.78, 5) is 36.8. The lowest BCUT2D eigenvalue weighted by Crippen LogP contribution is -2.52. The fourth-order valence-electron chi connectivity index (χ4n) is 4.06. The minimum atomic E-state index is -0.478. The lowest BCUT2D eigenvalue weighted by molar-refractivity contribution is -0.000904. The van der Waals surface area contributed by atoms with Crippen molar-refractivity contribution in [2.45, 2.75) is 51.7 Å². The average molecular weight is 526 g/mol. The Morgan fingerprint density at radius 2 is 1.89 bits per heavy atom. The largest absolute Gasteiger partial charge is 0.460 e. The number of rotatable bonds is 7. The van der Waals surface area contributed by atoms with Crippen LogP contribution in [-0.2, 0) is 15.9 Å². The Morgan fingerprint density at radius 3 is 2.62 bits per heavy atom. The summed E-state index contributed by atoms with van der Waals surface area (Å²) in [7, 11) is 0. The van der Waals surface area contributed by atoms with Gasteiger partial charge < -0.3 is 24.4 Å². The second-order valence-corrected chi connectivity index (χ2v) is 11.2. The van der Waals surface area contributed by atoms with Crippen molar-refractivity contribution >= 4 is 28.5 Å². The zero-order valence-electron chi connectivity index (χ0n) is 21.2. The summed E-state index contributed by atoms with van der Waals surface area (Å²) in [6, 6.07) is 2.20. The van der Waals surface area contributed by atoms with Crippen LogP contribution in [0.4, 0.5) is 15.9 Å². The molecule has 0 radical (unpaired) electrons. The van der Waals surface area contributed by atoms with E-state index in [-0.39, 0.29) is 12.2 Å². The molecular weight excluding hydrogens is 494 g/mol. The summed E-state index contributed by atoms with van der Waals surface area (Å²) < 4.78 is 16.7. The van der Waals surface area contributed by atoms with Crippen LogP contribution in [0.3, 0.4) is 0 Å². The molecule has 5 rings (SSSR count). The van der Waals surface area contributed by atoms with Crippen LogP contribution in [0, 0.1) is 5.92 Å². The Morgan fingerprint density at radius 1 is 1.14 bits per heavy atom. The molecule has 0 unspecified atom stereocenters. The van der Waals surface area contributed by atoms with Crippen LogP contribution in [0.1, 0.15) is 39.2 Å². The molecule has 1 amide bonds. The second-order valence-electron chi connectivity index (χ2n) is 10.2. The number of ether oxygens (including phenoxy) is 3. The number of nitrogens with zero attached hydrogens (tertiary/aromatic N) is 6. The summed E-state index contributed by atoms with van der Waals surface area (Å²) in [5.74, 6) is 0.851. The first-order valence-corrected chi connectivity index (χ1v) is 13.2. The number of amides is 1. The molecule has 0 saturated carbocycles. The fraction of sp³-hybridized carbons (Fsp3) is 0.520. The highest BCUT2D eigenvalue weighted by atomic mass is 32.1. The Labute approximate surface area is 219 Å². The number of hydrogen-bond acceptors (Lipinski definition) is 11. The quantitative estimate of drug-likeness (QED) is 0.482. The molecule has 2 saturated heterocycles. The van der Waals surface area contributed by atoms with Gasteiger partial charge in [0.2, 0.25) is 5.95 Å². The first-order chi connectivity index (χ1) is 17.8. The minimum absolute atomic E-state index is 0.0796. The number of likely N-dealkylation sites (tertiary alicyclic amines) is 1. The summed E-state index contributed by atoms with van der Waals surface area (Å²) in [5, 5.41) is 3.82. The van der Waals surface area contributed by atoms with Crippen LogP contribution in [-0.4, -0.2) is 73.9 Å². The molecule has 2 fully saturated rings. The summed E-state index contributed by atoms with van der Waals surface area (Å²) in [6.07, 6.45) is 9.39. The predicted molar refractivity (Wildman–Crippen MR) is 138 cm³/mol. The molecule has 196 valence electrons. The maximum absolute atomic E-state index is 12.1. The van der Waals surface area contributed by atoms with E-state index < -0.39 is 5.60 Å². The molecule has 0 atom stereocenters. The SMILES string of the molecule is CC(C)(C)OC(=O)N1CC(Cc2cnc(Nc3ncc(-c4ccnc(OC5CCOCC5)n4)s3)nc2)C1. The smallest absolute Gasteiger partial charge is 0.410 e. The first kappa shape index (κ1) is 25.3. The van der Waals surface area contributed by atoms with Gasteiger partial charge in [-0.1, -0.05) is 11.3 Å². The van der Waals surface area contributed by atoms with E-state index in [9.17, 15) is 4.79 Å². The van der Waals surface area contributed by atoms with Crippen LogP contribution < -0.4 is 10.1 Å². The maximum Gasteiger partial charge on any atom is 0.410 e. The number of hydrogen-bond donors (Lipinski definition) is 1. The molecular formula is C25H31N7O4S. The molecule has 2 aliphatic heterocycles. The molecule has 0 bridgehead atoms. The van der Waals surface area contributed by atoms with Gasteiger partial charge in [-0.15, -0.1) is 0 Å². The number of nitrogens with one attached hydrogen (secondary N) is 1. The molecule has 5 heterocycles. The van der Waals surface area contributed by atoms with Gasteiger partial charge in [0.25, 0.3) is 0 Å². The van der Waals surface area contributed by atoms with Gasteiger partial charge in [0.15, 0.2) is 5.13 Å². The maximum atomic E-state index is 12.1. The van der Waals surface area contributed by atoms with Crippen molar-refractivity contribution in [3.05, 3.63) is 36.4 Å². The third-order valence-electron chi connectivity index (χ3n) is 5.89. The van der Waals surface area contributed by atoms with E-state index in [1.165, 1.54) is 11.3 Å². The molecule has 3 aromatic rings. The zero-order chi connectivity index (χ0) is 25.8. The van der Waals surface area contributed by atoms with Crippen molar-refractivity contribution in [3.63, 3.8) is 0 Å². The predicted octanol–water partition coefficient (Wildman–Crippen LogP) is 4.10. The fourth-order valence-corrected chi connectivity index (χ4v) is 4.84. The van der Waals surface area contributed by atoms with Crippen LogP contribution in [0.2, 0.25) is 0 Å². The zero-order valence-corrected chi connectivity index (χ0v) is 22.0. The van der Waals surface area contributed by atoms with E-state index in [2.05, 4.69) is 30.2 Å². The van der Waals surface area contributed by atoms with Gasteiger partial charge in [-0.3, -0.25) is 0 Å². The van der Waals surface area contributed by atoms with Crippen molar-refractivity contribution in [1.29, 1.82) is 0 Å². The Hall–Kier alpha value is -3.38. The third kappa shape index (κ3) is 6.89. The monoisotopic (exact) mass is 525 g/mol. The number of thiazole rings is 1. The molecule has 37 heavy (non-hydrogen) atoms. The van der Waals surface area contributed by atoms with Gasteiger partial charge in [-0.05, 0) is 44.7 Å². The van der Waals surface area contributed by atoms with Gasteiger partial charge in [-0.2, -0.15) is 4.98 Å². The standard InChI is InChI=1S/C25H31N7O4S/c1-25(2,3)36-24(33)32-14-17(15-32)10-16-11-27-21(28-12-16)31-23-29-13-20(37-23)19-4-7-26-22(30-19)35-18-5-8-34-9-6-18/h4,7,11-13,17-18H,5-6,8-10,14-15H2,1-3H3,(H,27,28,29,31). The Kier molecular flexibility index (Phi) is 7.47. The van der Waals surface area contributed by atoms with Crippen molar-refractivity contribution in [2.24, 2.45) is 5.92 Å². The number of carbonyl (C=O) groups excluding carboxylic acids is 1. The Balaban J connectivity index is 1.12. The molecule has 11 nitrogen and oxygen atoms in total. The van der Waals surface area contributed by atoms with Gasteiger partial charge in [-0.25, -0.2) is 24.7 Å². The highest BCUT2D eigenvalue weighted by Gasteiger charge is 2.33. The average Bonchev–Trinajstić information content (AvgIpc) is 3.30. The summed E-state index contributed by atoms with van der Waals surface area (Å²) >= 11 is 1.45. The Bertz CT molecular complexity index is 1200. The van der Waals surface area contributed by atoms with E-state index in [1.807, 2.05) is 39.2 Å². The lowest BCUT2D eigenvalue weighted by Gasteiger charge is -2.39. The summed E-state index contributed by atoms with van der Waals surface area (Å²) in [5.41, 5.74) is 1.30. The van der Waals surface area contributed by atoms with Gasteiger partial charge in [0, 0.05) is 50.7 Å². The first-order valence-electron chi connectivity index (χ1n) is 12.4. The number of carbonyl (C=O) groups is 1. The molecule has 12 heteroatoms. The van der Waals surface area contributed by atoms with Gasteiger partial charge in [0.05, 0.1) is 23.8 Å². The molecule has 3 aromatic heterocycles. The van der Waals surface area contributed by atoms with Crippen LogP contribution in [0.25, 0.3) is 10.6 Å². The minimum Gasteiger partial charge on any atom is -0.460 e. The topological polar surface area (TPSA) is 124 Å². The molecule has 2 aliphatic rings. The van der Waals surface area contributed by atoms with Gasteiger partial charge in [0.1, 0.15) is 11.7 Å². The van der Waals surface area contributed by atoms with Crippen LogP contribution in [0.5, 0.6) is 6.01 Å². The van der Waals surface area contributed by atoms with E-state index in [0.717, 1.165) is 35.4 Å². The molecule has 0 aromatic carbocycles. The molecule has 0 spiro atoms. The van der Waals surface area contributed by atoms with Crippen LogP contribution in [0.15, 0.2) is 30.9 Å². The third-order valence-corrected chi connectivity index (χ3v) is 6.82. The highest BCUT2D eigenvalue weighted by molar-refractivity contribution is 7.18. The van der Waals surface area contributed by atoms with E-state index in [1.54, 1.807) is 17.3 Å². The number of aromatic nitrogens is 5.